The number of rotatable bonds is 6. The van der Waals surface area contributed by atoms with Crippen molar-refractivity contribution >= 4 is 0 Å². The summed E-state index contributed by atoms with van der Waals surface area (Å²) in [5, 5.41) is 3.37. The molecule has 0 fully saturated rings. The molecule has 0 unspecified atom stereocenters. The molecule has 0 aromatic heterocycles. The Morgan fingerprint density at radius 2 is 1.71 bits per heavy atom. The van der Waals surface area contributed by atoms with E-state index in [9.17, 15) is 8.78 Å². The van der Waals surface area contributed by atoms with Crippen LogP contribution in [0.25, 0.3) is 0 Å². The largest absolute Gasteiger partial charge is 0.496 e. The molecule has 0 aliphatic carbocycles. The highest BCUT2D eigenvalue weighted by molar-refractivity contribution is 5.35. The smallest absolute Gasteiger partial charge is 0.263 e. The molecule has 4 heteroatoms. The summed E-state index contributed by atoms with van der Waals surface area (Å²) in [5.41, 5.74) is 2.10. The van der Waals surface area contributed by atoms with Gasteiger partial charge in [-0.3, -0.25) is 0 Å². The number of hydrogen-bond acceptors (Lipinski definition) is 2. The first-order valence-electron chi connectivity index (χ1n) is 6.85. The van der Waals surface area contributed by atoms with Crippen LogP contribution in [0.2, 0.25) is 0 Å². The molecule has 21 heavy (non-hydrogen) atoms. The highest BCUT2D eigenvalue weighted by Gasteiger charge is 2.10. The van der Waals surface area contributed by atoms with Gasteiger partial charge in [0.2, 0.25) is 0 Å². The quantitative estimate of drug-likeness (QED) is 0.847. The van der Waals surface area contributed by atoms with E-state index < -0.39 is 6.43 Å². The fraction of sp³-hybridized carbons (Fsp3) is 0.294. The van der Waals surface area contributed by atoms with E-state index in [-0.39, 0.29) is 11.6 Å². The fourth-order valence-corrected chi connectivity index (χ4v) is 2.19. The summed E-state index contributed by atoms with van der Waals surface area (Å²) in [6, 6.07) is 14.3. The van der Waals surface area contributed by atoms with Gasteiger partial charge < -0.3 is 10.1 Å². The van der Waals surface area contributed by atoms with Gasteiger partial charge in [-0.15, -0.1) is 0 Å². The maximum atomic E-state index is 12.5. The van der Waals surface area contributed by atoms with Crippen molar-refractivity contribution in [3.63, 3.8) is 0 Å². The molecule has 2 aromatic carbocycles. The number of nitrogens with one attached hydrogen (secondary N) is 1. The monoisotopic (exact) mass is 291 g/mol. The lowest BCUT2D eigenvalue weighted by Crippen LogP contribution is -2.18. The van der Waals surface area contributed by atoms with Crippen LogP contribution in [-0.4, -0.2) is 7.11 Å². The average Bonchev–Trinajstić information content (AvgIpc) is 2.52. The lowest BCUT2D eigenvalue weighted by molar-refractivity contribution is 0.151. The van der Waals surface area contributed by atoms with Crippen molar-refractivity contribution in [2.75, 3.05) is 7.11 Å². The van der Waals surface area contributed by atoms with Gasteiger partial charge in [-0.2, -0.15) is 0 Å². The van der Waals surface area contributed by atoms with Gasteiger partial charge in [0.15, 0.2) is 0 Å². The van der Waals surface area contributed by atoms with Crippen molar-refractivity contribution in [3.05, 3.63) is 65.2 Å². The number of ether oxygens (including phenoxy) is 1. The van der Waals surface area contributed by atoms with Gasteiger partial charge in [0.1, 0.15) is 5.75 Å². The number of alkyl halides is 2. The van der Waals surface area contributed by atoms with Gasteiger partial charge >= 0.3 is 0 Å². The minimum Gasteiger partial charge on any atom is -0.496 e. The van der Waals surface area contributed by atoms with Gasteiger partial charge in [-0.1, -0.05) is 42.5 Å². The zero-order chi connectivity index (χ0) is 15.2. The molecule has 0 spiro atoms. The predicted octanol–water partition coefficient (Wildman–Crippen LogP) is 4.48. The summed E-state index contributed by atoms with van der Waals surface area (Å²) in [5.74, 6) is 0.838. The Labute approximate surface area is 123 Å². The summed E-state index contributed by atoms with van der Waals surface area (Å²) >= 11 is 0. The van der Waals surface area contributed by atoms with Gasteiger partial charge in [0, 0.05) is 23.7 Å². The van der Waals surface area contributed by atoms with Crippen LogP contribution in [0.5, 0.6) is 5.75 Å². The van der Waals surface area contributed by atoms with Crippen LogP contribution in [0, 0.1) is 0 Å². The predicted molar refractivity (Wildman–Crippen MR) is 79.6 cm³/mol. The maximum absolute atomic E-state index is 12.5. The number of hydrogen-bond donors (Lipinski definition) is 1. The highest BCUT2D eigenvalue weighted by atomic mass is 19.3. The SMILES string of the molecule is COc1ccccc1[C@@H](C)NCc1ccc(C(F)F)cc1. The second-order valence-electron chi connectivity index (χ2n) is 4.89. The van der Waals surface area contributed by atoms with Crippen LogP contribution >= 0.6 is 0 Å². The molecule has 2 rings (SSSR count). The summed E-state index contributed by atoms with van der Waals surface area (Å²) < 4.78 is 30.3. The van der Waals surface area contributed by atoms with Crippen molar-refractivity contribution < 1.29 is 13.5 Å². The van der Waals surface area contributed by atoms with Crippen LogP contribution in [-0.2, 0) is 6.54 Å². The summed E-state index contributed by atoms with van der Waals surface area (Å²) in [6.45, 7) is 2.66. The Balaban J connectivity index is 1.99. The minimum absolute atomic E-state index is 0.0523. The molecule has 2 aromatic rings. The minimum atomic E-state index is -2.42. The van der Waals surface area contributed by atoms with Crippen LogP contribution in [0.15, 0.2) is 48.5 Å². The molecule has 1 atom stereocenters. The van der Waals surface area contributed by atoms with E-state index in [0.717, 1.165) is 16.9 Å². The standard InChI is InChI=1S/C17H19F2NO/c1-12(15-5-3-4-6-16(15)21-2)20-11-13-7-9-14(10-8-13)17(18)19/h3-10,12,17,20H,11H2,1-2H3/t12-/m1/s1. The molecule has 0 amide bonds. The first kappa shape index (κ1) is 15.4. The van der Waals surface area contributed by atoms with Crippen molar-refractivity contribution in [2.45, 2.75) is 25.9 Å². The van der Waals surface area contributed by atoms with Gasteiger partial charge in [0.25, 0.3) is 6.43 Å². The highest BCUT2D eigenvalue weighted by Crippen LogP contribution is 2.24. The molecule has 0 aliphatic rings. The molecule has 1 N–H and O–H groups in total. The molecular weight excluding hydrogens is 272 g/mol. The number of benzene rings is 2. The normalized spacial score (nSPS) is 12.4. The molecule has 0 saturated heterocycles. The maximum Gasteiger partial charge on any atom is 0.263 e. The molecule has 0 radical (unpaired) electrons. The van der Waals surface area contributed by atoms with E-state index >= 15 is 0 Å². The van der Waals surface area contributed by atoms with Gasteiger partial charge in [-0.05, 0) is 18.6 Å². The van der Waals surface area contributed by atoms with E-state index in [0.29, 0.717) is 6.54 Å². The van der Waals surface area contributed by atoms with E-state index in [1.165, 1.54) is 12.1 Å². The van der Waals surface area contributed by atoms with E-state index in [1.54, 1.807) is 19.2 Å². The second-order valence-corrected chi connectivity index (χ2v) is 4.89. The fourth-order valence-electron chi connectivity index (χ4n) is 2.19. The number of halogens is 2. The molecule has 0 heterocycles. The van der Waals surface area contributed by atoms with E-state index in [2.05, 4.69) is 5.32 Å². The van der Waals surface area contributed by atoms with Gasteiger partial charge in [-0.25, -0.2) is 8.78 Å². The third-order valence-corrected chi connectivity index (χ3v) is 3.45. The van der Waals surface area contributed by atoms with Crippen LogP contribution in [0.1, 0.15) is 36.1 Å². The molecule has 0 bridgehead atoms. The first-order chi connectivity index (χ1) is 10.1. The van der Waals surface area contributed by atoms with Crippen molar-refractivity contribution in [2.24, 2.45) is 0 Å². The van der Waals surface area contributed by atoms with E-state index in [1.807, 2.05) is 31.2 Å². The third-order valence-electron chi connectivity index (χ3n) is 3.45. The van der Waals surface area contributed by atoms with E-state index in [4.69, 9.17) is 4.74 Å². The Hall–Kier alpha value is -1.94. The Kier molecular flexibility index (Phi) is 5.28. The Morgan fingerprint density at radius 3 is 2.33 bits per heavy atom. The zero-order valence-corrected chi connectivity index (χ0v) is 12.1. The number of para-hydroxylation sites is 1. The van der Waals surface area contributed by atoms with Crippen molar-refractivity contribution in [1.82, 2.24) is 5.32 Å². The Bertz CT molecular complexity index is 569. The lowest BCUT2D eigenvalue weighted by Gasteiger charge is -2.17. The van der Waals surface area contributed by atoms with Gasteiger partial charge in [0.05, 0.1) is 7.11 Å². The lowest BCUT2D eigenvalue weighted by atomic mass is 10.1. The van der Waals surface area contributed by atoms with Crippen molar-refractivity contribution in [3.8, 4) is 5.75 Å². The topological polar surface area (TPSA) is 21.3 Å². The second kappa shape index (κ2) is 7.18. The van der Waals surface area contributed by atoms with Crippen LogP contribution in [0.4, 0.5) is 8.78 Å². The molecule has 0 aliphatic heterocycles. The van der Waals surface area contributed by atoms with Crippen LogP contribution < -0.4 is 10.1 Å². The Morgan fingerprint density at radius 1 is 1.05 bits per heavy atom. The summed E-state index contributed by atoms with van der Waals surface area (Å²) in [6.07, 6.45) is -2.42. The summed E-state index contributed by atoms with van der Waals surface area (Å²) in [4.78, 5) is 0. The first-order valence-corrected chi connectivity index (χ1v) is 6.85. The molecule has 0 saturated carbocycles. The van der Waals surface area contributed by atoms with Crippen LogP contribution in [0.3, 0.4) is 0 Å². The molecular formula is C17H19F2NO. The molecule has 2 nitrogen and oxygen atoms in total. The zero-order valence-electron chi connectivity index (χ0n) is 12.1. The average molecular weight is 291 g/mol. The third kappa shape index (κ3) is 4.02. The number of methoxy groups -OCH3 is 1. The molecule has 112 valence electrons. The van der Waals surface area contributed by atoms with Crippen molar-refractivity contribution in [1.29, 1.82) is 0 Å². The summed E-state index contributed by atoms with van der Waals surface area (Å²) in [7, 11) is 1.65.